The number of nitrogens with zero attached hydrogens (tertiary/aromatic N) is 3. The largest absolute Gasteiger partial charge is 0.346 e. The first-order valence-corrected chi connectivity index (χ1v) is 7.87. The van der Waals surface area contributed by atoms with Crippen molar-refractivity contribution in [3.05, 3.63) is 77.4 Å². The van der Waals surface area contributed by atoms with E-state index >= 15 is 0 Å². The van der Waals surface area contributed by atoms with Gasteiger partial charge in [0.05, 0.1) is 11.7 Å². The van der Waals surface area contributed by atoms with Gasteiger partial charge in [0, 0.05) is 5.56 Å². The standard InChI is InChI=1S/C19H20N4O/c1-13-8-14(2)10-17(9-13)19(24)22-15(3)16-4-6-18(7-5-16)23-12-20-11-21-23/h4-12,15H,1-3H3,(H,22,24). The molecule has 0 saturated heterocycles. The highest BCUT2D eigenvalue weighted by Gasteiger charge is 2.12. The number of aromatic nitrogens is 3. The van der Waals surface area contributed by atoms with Crippen LogP contribution < -0.4 is 5.32 Å². The van der Waals surface area contributed by atoms with Gasteiger partial charge in [-0.1, -0.05) is 29.3 Å². The van der Waals surface area contributed by atoms with Crippen molar-refractivity contribution < 1.29 is 4.79 Å². The van der Waals surface area contributed by atoms with Crippen molar-refractivity contribution in [3.8, 4) is 5.69 Å². The molecule has 1 N–H and O–H groups in total. The van der Waals surface area contributed by atoms with Crippen LogP contribution in [0.3, 0.4) is 0 Å². The Hall–Kier alpha value is -2.95. The summed E-state index contributed by atoms with van der Waals surface area (Å²) in [7, 11) is 0. The monoisotopic (exact) mass is 320 g/mol. The van der Waals surface area contributed by atoms with E-state index in [4.69, 9.17) is 0 Å². The van der Waals surface area contributed by atoms with E-state index in [0.717, 1.165) is 22.4 Å². The van der Waals surface area contributed by atoms with E-state index < -0.39 is 0 Å². The number of hydrogen-bond donors (Lipinski definition) is 1. The van der Waals surface area contributed by atoms with Crippen LogP contribution in [0.15, 0.2) is 55.1 Å². The lowest BCUT2D eigenvalue weighted by atomic mass is 10.0. The van der Waals surface area contributed by atoms with Crippen LogP contribution in [-0.4, -0.2) is 20.7 Å². The minimum Gasteiger partial charge on any atom is -0.346 e. The molecule has 0 aliphatic carbocycles. The Bertz CT molecular complexity index is 818. The number of amides is 1. The third kappa shape index (κ3) is 3.51. The van der Waals surface area contributed by atoms with Gasteiger partial charge in [-0.2, -0.15) is 5.10 Å². The molecule has 2 aromatic carbocycles. The van der Waals surface area contributed by atoms with Gasteiger partial charge in [-0.3, -0.25) is 4.79 Å². The van der Waals surface area contributed by atoms with Gasteiger partial charge in [-0.25, -0.2) is 9.67 Å². The normalized spacial score (nSPS) is 12.0. The first-order chi connectivity index (χ1) is 11.5. The first-order valence-electron chi connectivity index (χ1n) is 7.87. The first kappa shape index (κ1) is 15.9. The topological polar surface area (TPSA) is 59.8 Å². The van der Waals surface area contributed by atoms with Crippen LogP contribution in [0.2, 0.25) is 0 Å². The second-order valence-electron chi connectivity index (χ2n) is 6.00. The maximum absolute atomic E-state index is 12.5. The molecule has 24 heavy (non-hydrogen) atoms. The predicted molar refractivity (Wildman–Crippen MR) is 93.2 cm³/mol. The van der Waals surface area contributed by atoms with E-state index in [2.05, 4.69) is 21.5 Å². The Morgan fingerprint density at radius 2 is 1.75 bits per heavy atom. The van der Waals surface area contributed by atoms with Gasteiger partial charge < -0.3 is 5.32 Å². The van der Waals surface area contributed by atoms with Crippen LogP contribution in [0.4, 0.5) is 0 Å². The van der Waals surface area contributed by atoms with Crippen LogP contribution in [0, 0.1) is 13.8 Å². The zero-order valence-corrected chi connectivity index (χ0v) is 14.0. The Balaban J connectivity index is 1.72. The van der Waals surface area contributed by atoms with E-state index in [1.807, 2.05) is 57.2 Å². The molecule has 1 atom stereocenters. The summed E-state index contributed by atoms with van der Waals surface area (Å²) in [5, 5.41) is 7.15. The zero-order chi connectivity index (χ0) is 17.1. The molecule has 0 fully saturated rings. The van der Waals surface area contributed by atoms with Gasteiger partial charge >= 0.3 is 0 Å². The summed E-state index contributed by atoms with van der Waals surface area (Å²) >= 11 is 0. The number of hydrogen-bond acceptors (Lipinski definition) is 3. The van der Waals surface area contributed by atoms with Crippen LogP contribution in [0.1, 0.15) is 40.0 Å². The summed E-state index contributed by atoms with van der Waals surface area (Å²) in [5.74, 6) is -0.0605. The quantitative estimate of drug-likeness (QED) is 0.802. The molecule has 5 nitrogen and oxygen atoms in total. The molecule has 0 bridgehead atoms. The molecule has 3 rings (SSSR count). The lowest BCUT2D eigenvalue weighted by Gasteiger charge is -2.15. The summed E-state index contributed by atoms with van der Waals surface area (Å²) in [4.78, 5) is 16.4. The lowest BCUT2D eigenvalue weighted by molar-refractivity contribution is 0.0939. The average Bonchev–Trinajstić information content (AvgIpc) is 3.08. The summed E-state index contributed by atoms with van der Waals surface area (Å²) in [6.07, 6.45) is 3.15. The van der Waals surface area contributed by atoms with Crippen LogP contribution in [-0.2, 0) is 0 Å². The van der Waals surface area contributed by atoms with E-state index in [0.29, 0.717) is 5.56 Å². The fourth-order valence-corrected chi connectivity index (χ4v) is 2.73. The zero-order valence-electron chi connectivity index (χ0n) is 14.0. The lowest BCUT2D eigenvalue weighted by Crippen LogP contribution is -2.26. The van der Waals surface area contributed by atoms with Crippen molar-refractivity contribution in [2.24, 2.45) is 0 Å². The fourth-order valence-electron chi connectivity index (χ4n) is 2.73. The van der Waals surface area contributed by atoms with Crippen molar-refractivity contribution in [2.75, 3.05) is 0 Å². The second-order valence-corrected chi connectivity index (χ2v) is 6.00. The number of carbonyl (C=O) groups excluding carboxylic acids is 1. The molecule has 5 heteroatoms. The molecular weight excluding hydrogens is 300 g/mol. The molecule has 0 spiro atoms. The maximum atomic E-state index is 12.5. The van der Waals surface area contributed by atoms with E-state index in [1.165, 1.54) is 6.33 Å². The van der Waals surface area contributed by atoms with Crippen LogP contribution in [0.5, 0.6) is 0 Å². The maximum Gasteiger partial charge on any atom is 0.251 e. The molecule has 0 radical (unpaired) electrons. The number of benzene rings is 2. The van der Waals surface area contributed by atoms with E-state index in [9.17, 15) is 4.79 Å². The summed E-state index contributed by atoms with van der Waals surface area (Å²) in [6, 6.07) is 13.7. The number of nitrogens with one attached hydrogen (secondary N) is 1. The molecular formula is C19H20N4O. The second kappa shape index (κ2) is 6.66. The van der Waals surface area contributed by atoms with E-state index in [-0.39, 0.29) is 11.9 Å². The molecule has 0 saturated carbocycles. The molecule has 1 amide bonds. The minimum absolute atomic E-state index is 0.0605. The number of rotatable bonds is 4. The summed E-state index contributed by atoms with van der Waals surface area (Å²) in [6.45, 7) is 5.97. The third-order valence-electron chi connectivity index (χ3n) is 3.91. The molecule has 1 heterocycles. The summed E-state index contributed by atoms with van der Waals surface area (Å²) < 4.78 is 1.70. The highest BCUT2D eigenvalue weighted by atomic mass is 16.1. The predicted octanol–water partition coefficient (Wildman–Crippen LogP) is 3.38. The molecule has 0 aliphatic rings. The van der Waals surface area contributed by atoms with Gasteiger partial charge in [0.15, 0.2) is 0 Å². The summed E-state index contributed by atoms with van der Waals surface area (Å²) in [5.41, 5.74) is 4.84. The van der Waals surface area contributed by atoms with Gasteiger partial charge in [-0.05, 0) is 50.6 Å². The van der Waals surface area contributed by atoms with Gasteiger partial charge in [-0.15, -0.1) is 0 Å². The Morgan fingerprint density at radius 3 is 2.33 bits per heavy atom. The van der Waals surface area contributed by atoms with Crippen molar-refractivity contribution in [2.45, 2.75) is 26.8 Å². The van der Waals surface area contributed by atoms with Crippen molar-refractivity contribution in [1.29, 1.82) is 0 Å². The smallest absolute Gasteiger partial charge is 0.251 e. The van der Waals surface area contributed by atoms with E-state index in [1.54, 1.807) is 11.0 Å². The Kier molecular flexibility index (Phi) is 4.42. The SMILES string of the molecule is Cc1cc(C)cc(C(=O)NC(C)c2ccc(-n3cncn3)cc2)c1. The van der Waals surface area contributed by atoms with Crippen LogP contribution >= 0.6 is 0 Å². The number of carbonyl (C=O) groups is 1. The number of aryl methyl sites for hydroxylation is 2. The van der Waals surface area contributed by atoms with Gasteiger partial charge in [0.25, 0.3) is 5.91 Å². The van der Waals surface area contributed by atoms with Crippen molar-refractivity contribution in [3.63, 3.8) is 0 Å². The molecule has 3 aromatic rings. The van der Waals surface area contributed by atoms with Crippen molar-refractivity contribution >= 4 is 5.91 Å². The van der Waals surface area contributed by atoms with Crippen molar-refractivity contribution in [1.82, 2.24) is 20.1 Å². The highest BCUT2D eigenvalue weighted by molar-refractivity contribution is 5.94. The van der Waals surface area contributed by atoms with Crippen LogP contribution in [0.25, 0.3) is 5.69 Å². The molecule has 1 unspecified atom stereocenters. The minimum atomic E-state index is -0.0804. The third-order valence-corrected chi connectivity index (χ3v) is 3.91. The Labute approximate surface area is 141 Å². The Morgan fingerprint density at radius 1 is 1.08 bits per heavy atom. The van der Waals surface area contributed by atoms with Gasteiger partial charge in [0.1, 0.15) is 12.7 Å². The molecule has 1 aromatic heterocycles. The molecule has 122 valence electrons. The van der Waals surface area contributed by atoms with Gasteiger partial charge in [0.2, 0.25) is 0 Å². The highest BCUT2D eigenvalue weighted by Crippen LogP contribution is 2.16. The average molecular weight is 320 g/mol. The molecule has 0 aliphatic heterocycles. The fraction of sp³-hybridized carbons (Fsp3) is 0.211.